The van der Waals surface area contributed by atoms with Gasteiger partial charge in [0.15, 0.2) is 0 Å². The summed E-state index contributed by atoms with van der Waals surface area (Å²) in [5, 5.41) is 8.04. The van der Waals surface area contributed by atoms with E-state index in [9.17, 15) is 4.79 Å². The lowest BCUT2D eigenvalue weighted by atomic mass is 10.7. The Labute approximate surface area is 64.2 Å². The van der Waals surface area contributed by atoms with E-state index in [0.717, 1.165) is 0 Å². The van der Waals surface area contributed by atoms with Gasteiger partial charge in [0.05, 0.1) is 6.61 Å². The molecule has 4 heteroatoms. The Hall–Kier alpha value is 0.196. The van der Waals surface area contributed by atoms with Crippen LogP contribution in [0.2, 0.25) is 0 Å². The van der Waals surface area contributed by atoms with Crippen LogP contribution in [0.1, 0.15) is 6.92 Å². The zero-order valence-corrected chi connectivity index (χ0v) is 4.18. The fourth-order valence-electron chi connectivity index (χ4n) is 0.189. The van der Waals surface area contributed by atoms with Crippen molar-refractivity contribution >= 4 is 29.0 Å². The summed E-state index contributed by atoms with van der Waals surface area (Å²) in [6.45, 7) is 1.31. The van der Waals surface area contributed by atoms with Gasteiger partial charge >= 0.3 is 29.0 Å². The molecule has 0 amide bonds. The number of esters is 1. The van der Waals surface area contributed by atoms with E-state index in [1.165, 1.54) is 6.92 Å². The van der Waals surface area contributed by atoms with E-state index in [4.69, 9.17) is 5.11 Å². The molecule has 0 aliphatic rings. The number of aliphatic hydroxyl groups excluding tert-OH is 1. The second-order valence-corrected chi connectivity index (χ2v) is 1.06. The standard InChI is InChI=1S/C4H8O3.Mg.2H/c1-4(6)7-3-2-5;;;/h5H,2-3H2,1H3;;;. The minimum atomic E-state index is -0.353. The summed E-state index contributed by atoms with van der Waals surface area (Å²) in [4.78, 5) is 9.87. The van der Waals surface area contributed by atoms with Crippen LogP contribution in [-0.2, 0) is 9.53 Å². The molecule has 0 saturated carbocycles. The number of carbonyl (C=O) groups is 1. The summed E-state index contributed by atoms with van der Waals surface area (Å²) in [5.41, 5.74) is 0. The van der Waals surface area contributed by atoms with Crippen molar-refractivity contribution in [3.05, 3.63) is 0 Å². The van der Waals surface area contributed by atoms with Crippen molar-refractivity contribution in [2.75, 3.05) is 13.2 Å². The molecule has 0 aromatic heterocycles. The Morgan fingerprint density at radius 3 is 2.38 bits per heavy atom. The highest BCUT2D eigenvalue weighted by Gasteiger charge is 1.86. The first-order valence-electron chi connectivity index (χ1n) is 2.01. The number of ether oxygens (including phenoxy) is 1. The third-order valence-electron chi connectivity index (χ3n) is 0.397. The van der Waals surface area contributed by atoms with Crippen LogP contribution in [0.15, 0.2) is 0 Å². The average Bonchev–Trinajstić information content (AvgIpc) is 1.61. The molecule has 0 aliphatic carbocycles. The zero-order valence-electron chi connectivity index (χ0n) is 4.18. The van der Waals surface area contributed by atoms with Crippen molar-refractivity contribution in [3.63, 3.8) is 0 Å². The summed E-state index contributed by atoms with van der Waals surface area (Å²) < 4.78 is 4.30. The molecule has 0 heterocycles. The monoisotopic (exact) mass is 130 g/mol. The molecule has 0 saturated heterocycles. The maximum absolute atomic E-state index is 9.87. The Balaban J connectivity index is 0. The lowest BCUT2D eigenvalue weighted by molar-refractivity contribution is -0.141. The number of hydrogen-bond acceptors (Lipinski definition) is 3. The number of hydrogen-bond donors (Lipinski definition) is 1. The topological polar surface area (TPSA) is 46.5 Å². The quantitative estimate of drug-likeness (QED) is 0.370. The van der Waals surface area contributed by atoms with Crippen LogP contribution in [-0.4, -0.2) is 47.3 Å². The van der Waals surface area contributed by atoms with Crippen LogP contribution < -0.4 is 0 Å². The van der Waals surface area contributed by atoms with E-state index in [0.29, 0.717) is 0 Å². The largest absolute Gasteiger partial charge is 0.463 e. The van der Waals surface area contributed by atoms with Gasteiger partial charge in [-0.3, -0.25) is 4.79 Å². The van der Waals surface area contributed by atoms with E-state index in [2.05, 4.69) is 4.74 Å². The third kappa shape index (κ3) is 9.50. The second kappa shape index (κ2) is 7.20. The number of aliphatic hydroxyl groups is 1. The summed E-state index contributed by atoms with van der Waals surface area (Å²) in [7, 11) is 0. The van der Waals surface area contributed by atoms with Gasteiger partial charge in [-0.2, -0.15) is 0 Å². The molecule has 0 fully saturated rings. The van der Waals surface area contributed by atoms with Crippen LogP contribution in [0.25, 0.3) is 0 Å². The molecule has 3 nitrogen and oxygen atoms in total. The molecular weight excluding hydrogens is 120 g/mol. The molecule has 0 unspecified atom stereocenters. The van der Waals surface area contributed by atoms with Crippen LogP contribution >= 0.6 is 0 Å². The molecule has 0 aliphatic heterocycles. The third-order valence-corrected chi connectivity index (χ3v) is 0.397. The van der Waals surface area contributed by atoms with Gasteiger partial charge in [0, 0.05) is 6.92 Å². The Morgan fingerprint density at radius 1 is 1.75 bits per heavy atom. The van der Waals surface area contributed by atoms with Crippen molar-refractivity contribution in [2.45, 2.75) is 6.92 Å². The minimum Gasteiger partial charge on any atom is -0.463 e. The van der Waals surface area contributed by atoms with Gasteiger partial charge in [-0.05, 0) is 0 Å². The summed E-state index contributed by atoms with van der Waals surface area (Å²) in [6.07, 6.45) is 0. The highest BCUT2D eigenvalue weighted by Crippen LogP contribution is 1.71. The fourth-order valence-corrected chi connectivity index (χ4v) is 0.189. The number of carbonyl (C=O) groups excluding carboxylic acids is 1. The fraction of sp³-hybridized carbons (Fsp3) is 0.750. The van der Waals surface area contributed by atoms with Crippen molar-refractivity contribution < 1.29 is 14.6 Å². The molecule has 0 rings (SSSR count). The number of rotatable bonds is 2. The molecule has 0 radical (unpaired) electrons. The van der Waals surface area contributed by atoms with Gasteiger partial charge in [-0.25, -0.2) is 0 Å². The summed E-state index contributed by atoms with van der Waals surface area (Å²) >= 11 is 0. The van der Waals surface area contributed by atoms with E-state index < -0.39 is 0 Å². The van der Waals surface area contributed by atoms with E-state index in [1.807, 2.05) is 0 Å². The van der Waals surface area contributed by atoms with Crippen LogP contribution in [0.5, 0.6) is 0 Å². The molecule has 0 bridgehead atoms. The first-order valence-corrected chi connectivity index (χ1v) is 2.01. The van der Waals surface area contributed by atoms with Gasteiger partial charge in [0.25, 0.3) is 0 Å². The molecule has 8 heavy (non-hydrogen) atoms. The Bertz CT molecular complexity index is 64.3. The Kier molecular flexibility index (Phi) is 9.94. The highest BCUT2D eigenvalue weighted by molar-refractivity contribution is 5.75. The predicted octanol–water partition coefficient (Wildman–Crippen LogP) is -1.37. The summed E-state index contributed by atoms with van der Waals surface area (Å²) in [5.74, 6) is -0.353. The SMILES string of the molecule is CC(=O)OCCO.[MgH2]. The first kappa shape index (κ1) is 11.1. The smallest absolute Gasteiger partial charge is 0.316 e. The minimum absolute atomic E-state index is 0. The molecular formula is C4H10MgO3. The molecule has 0 aromatic rings. The van der Waals surface area contributed by atoms with Crippen molar-refractivity contribution in [2.24, 2.45) is 0 Å². The molecule has 0 atom stereocenters. The molecule has 1 N–H and O–H groups in total. The first-order chi connectivity index (χ1) is 3.27. The summed E-state index contributed by atoms with van der Waals surface area (Å²) in [6, 6.07) is 0. The predicted molar refractivity (Wildman–Crippen MR) is 32.3 cm³/mol. The van der Waals surface area contributed by atoms with Gasteiger partial charge in [-0.15, -0.1) is 0 Å². The van der Waals surface area contributed by atoms with Crippen molar-refractivity contribution in [3.8, 4) is 0 Å². The van der Waals surface area contributed by atoms with Crippen LogP contribution in [0, 0.1) is 0 Å². The second-order valence-electron chi connectivity index (χ2n) is 1.06. The highest BCUT2D eigenvalue weighted by atomic mass is 24.3. The zero-order chi connectivity index (χ0) is 5.70. The van der Waals surface area contributed by atoms with Gasteiger partial charge in [0.1, 0.15) is 6.61 Å². The normalized spacial score (nSPS) is 7.25. The van der Waals surface area contributed by atoms with Crippen molar-refractivity contribution in [1.82, 2.24) is 0 Å². The van der Waals surface area contributed by atoms with Crippen LogP contribution in [0.3, 0.4) is 0 Å². The average molecular weight is 130 g/mol. The lowest BCUT2D eigenvalue weighted by Gasteiger charge is -1.93. The molecule has 0 spiro atoms. The Morgan fingerprint density at radius 2 is 2.25 bits per heavy atom. The van der Waals surface area contributed by atoms with E-state index in [-0.39, 0.29) is 42.2 Å². The maximum atomic E-state index is 9.87. The van der Waals surface area contributed by atoms with Gasteiger partial charge in [-0.1, -0.05) is 0 Å². The van der Waals surface area contributed by atoms with E-state index in [1.54, 1.807) is 0 Å². The lowest BCUT2D eigenvalue weighted by Crippen LogP contribution is -2.03. The molecule has 0 aromatic carbocycles. The van der Waals surface area contributed by atoms with Gasteiger partial charge in [0.2, 0.25) is 0 Å². The van der Waals surface area contributed by atoms with E-state index >= 15 is 0 Å². The maximum Gasteiger partial charge on any atom is 0.316 e. The van der Waals surface area contributed by atoms with Crippen molar-refractivity contribution in [1.29, 1.82) is 0 Å². The van der Waals surface area contributed by atoms with Gasteiger partial charge < -0.3 is 9.84 Å². The van der Waals surface area contributed by atoms with Crippen LogP contribution in [0.4, 0.5) is 0 Å². The molecule has 46 valence electrons.